The van der Waals surface area contributed by atoms with Crippen LogP contribution in [0.4, 0.5) is 11.6 Å². The zero-order valence-corrected chi connectivity index (χ0v) is 16.3. The molecule has 0 radical (unpaired) electrons. The number of hydrogen-bond donors (Lipinski definition) is 2. The van der Waals surface area contributed by atoms with Gasteiger partial charge in [-0.3, -0.25) is 4.79 Å². The summed E-state index contributed by atoms with van der Waals surface area (Å²) in [5.74, 6) is 1.11. The minimum Gasteiger partial charge on any atom is -0.382 e. The van der Waals surface area contributed by atoms with E-state index in [2.05, 4.69) is 38.9 Å². The highest BCUT2D eigenvalue weighted by molar-refractivity contribution is 6.35. The minimum atomic E-state index is 0.0318. The number of carbonyl (C=O) groups excluding carboxylic acids is 1. The number of aromatic nitrogens is 2. The van der Waals surface area contributed by atoms with Gasteiger partial charge in [-0.05, 0) is 32.4 Å². The van der Waals surface area contributed by atoms with Crippen molar-refractivity contribution in [2.45, 2.75) is 26.7 Å². The lowest BCUT2D eigenvalue weighted by atomic mass is 9.91. The van der Waals surface area contributed by atoms with E-state index in [1.54, 1.807) is 0 Å². The SMILES string of the molecule is CN(C)CC(C)(C)CNC(=O)C1CCN(c2ncnc(N)c2Cl)CC1. The molecule has 8 heteroatoms. The van der Waals surface area contributed by atoms with Gasteiger partial charge in [0.15, 0.2) is 5.82 Å². The number of amides is 1. The summed E-state index contributed by atoms with van der Waals surface area (Å²) in [4.78, 5) is 24.8. The zero-order valence-electron chi connectivity index (χ0n) is 15.5. The molecule has 7 nitrogen and oxygen atoms in total. The van der Waals surface area contributed by atoms with Gasteiger partial charge in [-0.15, -0.1) is 0 Å². The van der Waals surface area contributed by atoms with Crippen molar-refractivity contribution in [1.82, 2.24) is 20.2 Å². The van der Waals surface area contributed by atoms with Gasteiger partial charge in [0, 0.05) is 32.1 Å². The molecule has 1 fully saturated rings. The lowest BCUT2D eigenvalue weighted by molar-refractivity contribution is -0.126. The maximum Gasteiger partial charge on any atom is 0.223 e. The Morgan fingerprint density at radius 3 is 2.64 bits per heavy atom. The van der Waals surface area contributed by atoms with Crippen molar-refractivity contribution in [3.63, 3.8) is 0 Å². The number of rotatable bonds is 6. The van der Waals surface area contributed by atoms with Crippen molar-refractivity contribution in [2.24, 2.45) is 11.3 Å². The van der Waals surface area contributed by atoms with Crippen molar-refractivity contribution in [1.29, 1.82) is 0 Å². The molecular formula is C17H29ClN6O. The third kappa shape index (κ3) is 5.44. The molecule has 1 aromatic heterocycles. The van der Waals surface area contributed by atoms with Gasteiger partial charge in [0.05, 0.1) is 0 Å². The number of piperidine rings is 1. The summed E-state index contributed by atoms with van der Waals surface area (Å²) in [6, 6.07) is 0. The molecule has 0 aromatic carbocycles. The van der Waals surface area contributed by atoms with E-state index < -0.39 is 0 Å². The third-order valence-electron chi connectivity index (χ3n) is 4.45. The van der Waals surface area contributed by atoms with Gasteiger partial charge in [0.1, 0.15) is 17.2 Å². The first-order valence-corrected chi connectivity index (χ1v) is 9.01. The largest absolute Gasteiger partial charge is 0.382 e. The van der Waals surface area contributed by atoms with Crippen LogP contribution in [0.2, 0.25) is 5.02 Å². The van der Waals surface area contributed by atoms with E-state index in [-0.39, 0.29) is 23.1 Å². The van der Waals surface area contributed by atoms with Gasteiger partial charge in [0.25, 0.3) is 0 Å². The standard InChI is InChI=1S/C17H29ClN6O/c1-17(2,10-23(3)4)9-20-16(25)12-5-7-24(8-6-12)15-13(18)14(19)21-11-22-15/h11-12H,5-10H2,1-4H3,(H,20,25)(H2,19,21,22). The van der Waals surface area contributed by atoms with Crippen LogP contribution in [0, 0.1) is 11.3 Å². The van der Waals surface area contributed by atoms with Crippen molar-refractivity contribution in [3.05, 3.63) is 11.3 Å². The summed E-state index contributed by atoms with van der Waals surface area (Å²) >= 11 is 6.19. The fraction of sp³-hybridized carbons (Fsp3) is 0.706. The number of carbonyl (C=O) groups is 1. The van der Waals surface area contributed by atoms with E-state index in [0.29, 0.717) is 17.4 Å². The first kappa shape index (κ1) is 19.7. The summed E-state index contributed by atoms with van der Waals surface area (Å²) in [7, 11) is 4.09. The summed E-state index contributed by atoms with van der Waals surface area (Å²) in [5.41, 5.74) is 5.79. The van der Waals surface area contributed by atoms with E-state index in [4.69, 9.17) is 17.3 Å². The molecule has 2 heterocycles. The van der Waals surface area contributed by atoms with Crippen LogP contribution in [0.3, 0.4) is 0 Å². The first-order valence-electron chi connectivity index (χ1n) is 8.63. The van der Waals surface area contributed by atoms with Crippen molar-refractivity contribution in [2.75, 3.05) is 50.9 Å². The van der Waals surface area contributed by atoms with E-state index in [0.717, 1.165) is 32.5 Å². The second-order valence-electron chi connectivity index (χ2n) is 7.78. The van der Waals surface area contributed by atoms with Gasteiger partial charge in [-0.2, -0.15) is 0 Å². The number of nitrogens with one attached hydrogen (secondary N) is 1. The molecule has 1 saturated heterocycles. The Morgan fingerprint density at radius 1 is 1.40 bits per heavy atom. The van der Waals surface area contributed by atoms with Crippen LogP contribution in [0.15, 0.2) is 6.33 Å². The van der Waals surface area contributed by atoms with E-state index >= 15 is 0 Å². The van der Waals surface area contributed by atoms with Crippen LogP contribution in [0.25, 0.3) is 0 Å². The summed E-state index contributed by atoms with van der Waals surface area (Å²) in [6.07, 6.45) is 2.97. The van der Waals surface area contributed by atoms with E-state index in [1.807, 2.05) is 14.1 Å². The molecule has 3 N–H and O–H groups in total. The maximum absolute atomic E-state index is 12.5. The molecule has 0 bridgehead atoms. The summed E-state index contributed by atoms with van der Waals surface area (Å²) in [5, 5.41) is 3.50. The number of nitrogens with zero attached hydrogens (tertiary/aromatic N) is 4. The molecule has 2 rings (SSSR count). The molecule has 25 heavy (non-hydrogen) atoms. The fourth-order valence-corrected chi connectivity index (χ4v) is 3.55. The van der Waals surface area contributed by atoms with Gasteiger partial charge in [-0.1, -0.05) is 25.4 Å². The Bertz CT molecular complexity index is 599. The molecule has 1 aliphatic heterocycles. The molecule has 0 aliphatic carbocycles. The fourth-order valence-electron chi connectivity index (χ4n) is 3.33. The molecule has 1 aliphatic rings. The van der Waals surface area contributed by atoms with Crippen LogP contribution in [-0.2, 0) is 4.79 Å². The first-order chi connectivity index (χ1) is 11.7. The van der Waals surface area contributed by atoms with Crippen LogP contribution in [-0.4, -0.2) is 61.0 Å². The number of hydrogen-bond acceptors (Lipinski definition) is 6. The predicted octanol–water partition coefficient (Wildman–Crippen LogP) is 1.63. The molecule has 1 amide bonds. The average Bonchev–Trinajstić information content (AvgIpc) is 2.54. The molecule has 140 valence electrons. The number of nitrogens with two attached hydrogens (primary N) is 1. The highest BCUT2D eigenvalue weighted by Gasteiger charge is 2.28. The summed E-state index contributed by atoms with van der Waals surface area (Å²) < 4.78 is 0. The van der Waals surface area contributed by atoms with Gasteiger partial charge >= 0.3 is 0 Å². The second kappa shape index (κ2) is 8.19. The van der Waals surface area contributed by atoms with E-state index in [9.17, 15) is 4.79 Å². The number of nitrogen functional groups attached to an aromatic ring is 1. The van der Waals surface area contributed by atoms with Crippen LogP contribution in [0.5, 0.6) is 0 Å². The zero-order chi connectivity index (χ0) is 18.6. The Labute approximate surface area is 154 Å². The smallest absolute Gasteiger partial charge is 0.223 e. The highest BCUT2D eigenvalue weighted by atomic mass is 35.5. The van der Waals surface area contributed by atoms with Crippen molar-refractivity contribution in [3.8, 4) is 0 Å². The van der Waals surface area contributed by atoms with Crippen LogP contribution in [0.1, 0.15) is 26.7 Å². The number of halogens is 1. The van der Waals surface area contributed by atoms with E-state index in [1.165, 1.54) is 6.33 Å². The average molecular weight is 369 g/mol. The predicted molar refractivity (Wildman–Crippen MR) is 102 cm³/mol. The van der Waals surface area contributed by atoms with Crippen molar-refractivity contribution >= 4 is 29.1 Å². The van der Waals surface area contributed by atoms with Crippen LogP contribution >= 0.6 is 11.6 Å². The lowest BCUT2D eigenvalue weighted by Crippen LogP contribution is -2.45. The second-order valence-corrected chi connectivity index (χ2v) is 8.16. The quantitative estimate of drug-likeness (QED) is 0.793. The highest BCUT2D eigenvalue weighted by Crippen LogP contribution is 2.30. The topological polar surface area (TPSA) is 87.4 Å². The minimum absolute atomic E-state index is 0.0318. The Morgan fingerprint density at radius 2 is 2.04 bits per heavy atom. The maximum atomic E-state index is 12.5. The number of anilines is 2. The lowest BCUT2D eigenvalue weighted by Gasteiger charge is -2.34. The van der Waals surface area contributed by atoms with Gasteiger partial charge < -0.3 is 20.9 Å². The molecule has 0 atom stereocenters. The normalized spacial score (nSPS) is 16.3. The Hall–Kier alpha value is -1.60. The molecule has 0 saturated carbocycles. The van der Waals surface area contributed by atoms with Crippen LogP contribution < -0.4 is 16.0 Å². The molecule has 1 aromatic rings. The van der Waals surface area contributed by atoms with Gasteiger partial charge in [0.2, 0.25) is 5.91 Å². The third-order valence-corrected chi connectivity index (χ3v) is 4.81. The molecule has 0 spiro atoms. The Balaban J connectivity index is 1.85. The monoisotopic (exact) mass is 368 g/mol. The molecule has 0 unspecified atom stereocenters. The van der Waals surface area contributed by atoms with Crippen molar-refractivity contribution < 1.29 is 4.79 Å². The van der Waals surface area contributed by atoms with Gasteiger partial charge in [-0.25, -0.2) is 9.97 Å². The molecular weight excluding hydrogens is 340 g/mol. The Kier molecular flexibility index (Phi) is 6.46. The summed E-state index contributed by atoms with van der Waals surface area (Å²) in [6.45, 7) is 7.40.